The van der Waals surface area contributed by atoms with Crippen molar-refractivity contribution in [2.45, 2.75) is 0 Å². The smallest absolute Gasteiger partial charge is 0.127 e. The monoisotopic (exact) mass is 215 g/mol. The van der Waals surface area contributed by atoms with Crippen molar-refractivity contribution >= 4 is 5.69 Å². The number of nitrogens with two attached hydrogens (primary N) is 2. The SMILES string of the molecule is NN(N)c1ccc(Oc2ccccc2)cc1. The van der Waals surface area contributed by atoms with Gasteiger partial charge in [0.05, 0.1) is 5.69 Å². The maximum atomic E-state index is 5.61. The first-order chi connectivity index (χ1) is 7.75. The molecular weight excluding hydrogens is 202 g/mol. The zero-order valence-corrected chi connectivity index (χ0v) is 8.71. The fourth-order valence-electron chi connectivity index (χ4n) is 1.31. The van der Waals surface area contributed by atoms with E-state index in [9.17, 15) is 0 Å². The fourth-order valence-corrected chi connectivity index (χ4v) is 1.31. The molecule has 2 aromatic rings. The standard InChI is InChI=1S/C12H13N3O/c13-15(14)10-6-8-12(9-7-10)16-11-4-2-1-3-5-11/h1-9H,13-14H2. The molecule has 2 aromatic carbocycles. The molecule has 0 amide bonds. The molecule has 0 unspecified atom stereocenters. The second kappa shape index (κ2) is 4.65. The van der Waals surface area contributed by atoms with Crippen LogP contribution in [0.1, 0.15) is 0 Å². The van der Waals surface area contributed by atoms with Crippen LogP contribution in [0.3, 0.4) is 0 Å². The van der Waals surface area contributed by atoms with Crippen LogP contribution in [0.15, 0.2) is 54.6 Å². The molecule has 0 atom stereocenters. The lowest BCUT2D eigenvalue weighted by atomic mass is 10.3. The van der Waals surface area contributed by atoms with Crippen molar-refractivity contribution < 1.29 is 4.74 Å². The molecule has 4 N–H and O–H groups in total. The van der Waals surface area contributed by atoms with E-state index in [1.165, 1.54) is 0 Å². The zero-order valence-electron chi connectivity index (χ0n) is 8.71. The van der Waals surface area contributed by atoms with Crippen molar-refractivity contribution in [3.05, 3.63) is 54.6 Å². The topological polar surface area (TPSA) is 64.5 Å². The number of hydrogen-bond donors (Lipinski definition) is 2. The minimum Gasteiger partial charge on any atom is -0.457 e. The largest absolute Gasteiger partial charge is 0.457 e. The van der Waals surface area contributed by atoms with Crippen LogP contribution in [0.4, 0.5) is 5.69 Å². The minimum absolute atomic E-state index is 0.723. The Morgan fingerprint density at radius 2 is 1.31 bits per heavy atom. The molecule has 0 aliphatic heterocycles. The van der Waals surface area contributed by atoms with E-state index in [0.717, 1.165) is 22.3 Å². The van der Waals surface area contributed by atoms with Crippen molar-refractivity contribution in [3.8, 4) is 11.5 Å². The molecule has 0 heterocycles. The molecule has 0 fully saturated rings. The van der Waals surface area contributed by atoms with Crippen LogP contribution in [-0.4, -0.2) is 0 Å². The third-order valence-electron chi connectivity index (χ3n) is 2.11. The highest BCUT2D eigenvalue weighted by Crippen LogP contribution is 2.22. The summed E-state index contributed by atoms with van der Waals surface area (Å²) in [7, 11) is 0. The molecule has 82 valence electrons. The summed E-state index contributed by atoms with van der Waals surface area (Å²) < 4.78 is 5.61. The summed E-state index contributed by atoms with van der Waals surface area (Å²) in [5.41, 5.74) is 0.723. The van der Waals surface area contributed by atoms with Crippen LogP contribution >= 0.6 is 0 Å². The molecule has 0 saturated heterocycles. The molecular formula is C12H13N3O. The lowest BCUT2D eigenvalue weighted by Gasteiger charge is -2.11. The highest BCUT2D eigenvalue weighted by Gasteiger charge is 1.98. The Hall–Kier alpha value is -2.04. The molecule has 0 aliphatic rings. The van der Waals surface area contributed by atoms with Gasteiger partial charge in [-0.2, -0.15) is 0 Å². The number of benzene rings is 2. The van der Waals surface area contributed by atoms with E-state index in [0.29, 0.717) is 0 Å². The molecule has 4 nitrogen and oxygen atoms in total. The molecule has 0 aliphatic carbocycles. The van der Waals surface area contributed by atoms with Gasteiger partial charge in [-0.1, -0.05) is 18.2 Å². The van der Waals surface area contributed by atoms with Crippen molar-refractivity contribution in [1.29, 1.82) is 0 Å². The van der Waals surface area contributed by atoms with E-state index < -0.39 is 0 Å². The highest BCUT2D eigenvalue weighted by molar-refractivity contribution is 5.47. The van der Waals surface area contributed by atoms with E-state index in [1.54, 1.807) is 12.1 Å². The number of hydrogen-bond acceptors (Lipinski definition) is 4. The summed E-state index contributed by atoms with van der Waals surface area (Å²) in [6, 6.07) is 16.8. The Morgan fingerprint density at radius 1 is 0.750 bits per heavy atom. The number of anilines is 1. The highest BCUT2D eigenvalue weighted by atomic mass is 16.5. The summed E-state index contributed by atoms with van der Waals surface area (Å²) in [6.45, 7) is 0. The second-order valence-corrected chi connectivity index (χ2v) is 3.32. The molecule has 0 bridgehead atoms. The van der Waals surface area contributed by atoms with Crippen LogP contribution in [-0.2, 0) is 0 Å². The average molecular weight is 215 g/mol. The third kappa shape index (κ3) is 2.50. The van der Waals surface area contributed by atoms with Gasteiger partial charge >= 0.3 is 0 Å². The summed E-state index contributed by atoms with van der Waals surface area (Å²) in [6.07, 6.45) is 0. The molecule has 4 heteroatoms. The number of rotatable bonds is 3. The summed E-state index contributed by atoms with van der Waals surface area (Å²) >= 11 is 0. The van der Waals surface area contributed by atoms with Crippen LogP contribution in [0.5, 0.6) is 11.5 Å². The first-order valence-corrected chi connectivity index (χ1v) is 4.88. The maximum Gasteiger partial charge on any atom is 0.127 e. The number of para-hydroxylation sites is 1. The second-order valence-electron chi connectivity index (χ2n) is 3.32. The molecule has 2 rings (SSSR count). The summed E-state index contributed by atoms with van der Waals surface area (Å²) in [5, 5.41) is 1.06. The van der Waals surface area contributed by atoms with Gasteiger partial charge in [0.2, 0.25) is 0 Å². The van der Waals surface area contributed by atoms with E-state index in [1.807, 2.05) is 42.5 Å². The molecule has 0 saturated carbocycles. The van der Waals surface area contributed by atoms with Crippen molar-refractivity contribution in [2.75, 3.05) is 5.12 Å². The van der Waals surface area contributed by atoms with Gasteiger partial charge in [0.1, 0.15) is 11.5 Å². The summed E-state index contributed by atoms with van der Waals surface area (Å²) in [5.74, 6) is 12.3. The van der Waals surface area contributed by atoms with Crippen LogP contribution in [0.2, 0.25) is 0 Å². The normalized spacial score (nSPS) is 9.88. The Morgan fingerprint density at radius 3 is 1.88 bits per heavy atom. The molecule has 16 heavy (non-hydrogen) atoms. The van der Waals surface area contributed by atoms with E-state index in [-0.39, 0.29) is 0 Å². The van der Waals surface area contributed by atoms with Crippen molar-refractivity contribution in [1.82, 2.24) is 0 Å². The van der Waals surface area contributed by atoms with E-state index >= 15 is 0 Å². The van der Waals surface area contributed by atoms with Crippen LogP contribution in [0, 0.1) is 0 Å². The van der Waals surface area contributed by atoms with Crippen molar-refractivity contribution in [3.63, 3.8) is 0 Å². The predicted octanol–water partition coefficient (Wildman–Crippen LogP) is 2.03. The first-order valence-electron chi connectivity index (χ1n) is 4.88. The van der Waals surface area contributed by atoms with Crippen molar-refractivity contribution in [2.24, 2.45) is 11.7 Å². The van der Waals surface area contributed by atoms with Crippen LogP contribution in [0.25, 0.3) is 0 Å². The van der Waals surface area contributed by atoms with Crippen LogP contribution < -0.4 is 21.5 Å². The fraction of sp³-hybridized carbons (Fsp3) is 0. The quantitative estimate of drug-likeness (QED) is 0.607. The maximum absolute atomic E-state index is 5.61. The lowest BCUT2D eigenvalue weighted by molar-refractivity contribution is 0.482. The first kappa shape index (κ1) is 10.5. The van der Waals surface area contributed by atoms with E-state index in [2.05, 4.69) is 0 Å². The van der Waals surface area contributed by atoms with Gasteiger partial charge in [-0.15, -0.1) is 0 Å². The number of nitrogens with zero attached hydrogens (tertiary/aromatic N) is 1. The van der Waals surface area contributed by atoms with E-state index in [4.69, 9.17) is 16.4 Å². The Kier molecular flexibility index (Phi) is 3.05. The molecule has 0 spiro atoms. The number of ether oxygens (including phenoxy) is 1. The minimum atomic E-state index is 0.723. The summed E-state index contributed by atoms with van der Waals surface area (Å²) in [4.78, 5) is 0. The van der Waals surface area contributed by atoms with Gasteiger partial charge in [-0.3, -0.25) is 0 Å². The number of hydrazine groups is 2. The van der Waals surface area contributed by atoms with Gasteiger partial charge in [0.25, 0.3) is 0 Å². The Bertz CT molecular complexity index is 440. The zero-order chi connectivity index (χ0) is 11.4. The van der Waals surface area contributed by atoms with Gasteiger partial charge in [-0.25, -0.2) is 16.8 Å². The van der Waals surface area contributed by atoms with Gasteiger partial charge in [-0.05, 0) is 36.4 Å². The molecule has 0 radical (unpaired) electrons. The van der Waals surface area contributed by atoms with Gasteiger partial charge in [0, 0.05) is 0 Å². The molecule has 0 aromatic heterocycles. The average Bonchev–Trinajstić information content (AvgIpc) is 2.31. The lowest BCUT2D eigenvalue weighted by Crippen LogP contribution is -2.37. The van der Waals surface area contributed by atoms with Gasteiger partial charge < -0.3 is 4.74 Å². The Balaban J connectivity index is 2.11. The third-order valence-corrected chi connectivity index (χ3v) is 2.11. The Labute approximate surface area is 94.0 Å². The van der Waals surface area contributed by atoms with Gasteiger partial charge in [0.15, 0.2) is 0 Å². The predicted molar refractivity (Wildman–Crippen MR) is 63.8 cm³/mol.